The molecule has 1 unspecified atom stereocenters. The fraction of sp³-hybridized carbons (Fsp3) is 0.471. The maximum atomic E-state index is 12.4. The molecule has 0 saturated heterocycles. The van der Waals surface area contributed by atoms with E-state index in [0.29, 0.717) is 16.1 Å². The van der Waals surface area contributed by atoms with Gasteiger partial charge in [0.25, 0.3) is 5.56 Å². The number of hydrogen-bond acceptors (Lipinski definition) is 4. The van der Waals surface area contributed by atoms with Gasteiger partial charge in [0.15, 0.2) is 5.16 Å². The first-order chi connectivity index (χ1) is 10.7. The highest BCUT2D eigenvalue weighted by Gasteiger charge is 2.23. The summed E-state index contributed by atoms with van der Waals surface area (Å²) < 4.78 is 1.50. The Labute approximate surface area is 140 Å². The molecule has 1 aromatic heterocycles. The molecule has 1 amide bonds. The maximum Gasteiger partial charge on any atom is 0.261 e. The van der Waals surface area contributed by atoms with Crippen LogP contribution in [0.3, 0.4) is 0 Å². The molecule has 1 atom stereocenters. The van der Waals surface area contributed by atoms with Crippen LogP contribution in [0, 0.1) is 0 Å². The van der Waals surface area contributed by atoms with Gasteiger partial charge >= 0.3 is 0 Å². The van der Waals surface area contributed by atoms with E-state index in [-0.39, 0.29) is 22.3 Å². The zero-order valence-electron chi connectivity index (χ0n) is 14.2. The van der Waals surface area contributed by atoms with E-state index in [2.05, 4.69) is 10.3 Å². The predicted octanol–water partition coefficient (Wildman–Crippen LogP) is 2.72. The van der Waals surface area contributed by atoms with Crippen molar-refractivity contribution in [2.24, 2.45) is 7.05 Å². The fourth-order valence-corrected chi connectivity index (χ4v) is 2.91. The highest BCUT2D eigenvalue weighted by molar-refractivity contribution is 8.00. The molecule has 0 aliphatic heterocycles. The number of fused-ring (bicyclic) bond motifs is 1. The Balaban J connectivity index is 2.26. The second kappa shape index (κ2) is 6.74. The van der Waals surface area contributed by atoms with E-state index in [1.165, 1.54) is 16.3 Å². The van der Waals surface area contributed by atoms with Gasteiger partial charge in [-0.2, -0.15) is 0 Å². The summed E-state index contributed by atoms with van der Waals surface area (Å²) in [6.45, 7) is 7.85. The second-order valence-electron chi connectivity index (χ2n) is 6.26. The van der Waals surface area contributed by atoms with Crippen molar-refractivity contribution in [3.8, 4) is 0 Å². The summed E-state index contributed by atoms with van der Waals surface area (Å²) in [5.74, 6) is -0.0516. The lowest BCUT2D eigenvalue weighted by Gasteiger charge is -2.26. The smallest absolute Gasteiger partial charge is 0.261 e. The molecule has 0 bridgehead atoms. The van der Waals surface area contributed by atoms with Gasteiger partial charge in [0.2, 0.25) is 5.91 Å². The Morgan fingerprint density at radius 1 is 1.39 bits per heavy atom. The largest absolute Gasteiger partial charge is 0.350 e. The van der Waals surface area contributed by atoms with E-state index in [9.17, 15) is 9.59 Å². The molecule has 1 aromatic carbocycles. The molecule has 23 heavy (non-hydrogen) atoms. The number of para-hydroxylation sites is 1. The number of rotatable bonds is 5. The normalized spacial score (nSPS) is 13.1. The van der Waals surface area contributed by atoms with Gasteiger partial charge in [-0.05, 0) is 39.3 Å². The van der Waals surface area contributed by atoms with Crippen LogP contribution in [-0.4, -0.2) is 26.2 Å². The summed E-state index contributed by atoms with van der Waals surface area (Å²) in [5.41, 5.74) is 0.313. The van der Waals surface area contributed by atoms with Crippen molar-refractivity contribution in [3.63, 3.8) is 0 Å². The number of nitrogens with one attached hydrogen (secondary N) is 1. The van der Waals surface area contributed by atoms with Gasteiger partial charge in [-0.15, -0.1) is 0 Å². The van der Waals surface area contributed by atoms with Crippen LogP contribution >= 0.6 is 11.8 Å². The quantitative estimate of drug-likeness (QED) is 0.675. The number of amides is 1. The molecule has 124 valence electrons. The molecular formula is C17H23N3O2S. The molecule has 0 radical (unpaired) electrons. The van der Waals surface area contributed by atoms with Crippen molar-refractivity contribution in [1.82, 2.24) is 14.9 Å². The molecule has 2 rings (SSSR count). The summed E-state index contributed by atoms with van der Waals surface area (Å²) in [6.07, 6.45) is 0.850. The third-order valence-electron chi connectivity index (χ3n) is 3.94. The number of carbonyl (C=O) groups excluding carboxylic acids is 1. The minimum Gasteiger partial charge on any atom is -0.350 e. The Morgan fingerprint density at radius 3 is 2.70 bits per heavy atom. The Hall–Kier alpha value is -1.82. The Kier molecular flexibility index (Phi) is 5.14. The van der Waals surface area contributed by atoms with Crippen LogP contribution in [0.25, 0.3) is 10.9 Å². The Bertz CT molecular complexity index is 783. The van der Waals surface area contributed by atoms with Gasteiger partial charge < -0.3 is 5.32 Å². The number of nitrogens with zero attached hydrogens (tertiary/aromatic N) is 2. The average molecular weight is 333 g/mol. The minimum absolute atomic E-state index is 0.0516. The van der Waals surface area contributed by atoms with Crippen molar-refractivity contribution in [2.45, 2.75) is 50.1 Å². The lowest BCUT2D eigenvalue weighted by atomic mass is 10.0. The first-order valence-corrected chi connectivity index (χ1v) is 8.57. The third kappa shape index (κ3) is 3.93. The van der Waals surface area contributed by atoms with Crippen LogP contribution < -0.4 is 10.9 Å². The average Bonchev–Trinajstić information content (AvgIpc) is 2.52. The highest BCUT2D eigenvalue weighted by Crippen LogP contribution is 2.22. The summed E-state index contributed by atoms with van der Waals surface area (Å²) >= 11 is 1.30. The lowest BCUT2D eigenvalue weighted by Crippen LogP contribution is -2.46. The molecule has 1 heterocycles. The van der Waals surface area contributed by atoms with Gasteiger partial charge in [0.05, 0.1) is 16.2 Å². The number of aromatic nitrogens is 2. The van der Waals surface area contributed by atoms with Crippen molar-refractivity contribution in [2.75, 3.05) is 0 Å². The van der Waals surface area contributed by atoms with Crippen molar-refractivity contribution >= 4 is 28.6 Å². The van der Waals surface area contributed by atoms with Crippen LogP contribution in [0.15, 0.2) is 34.2 Å². The molecule has 5 nitrogen and oxygen atoms in total. The van der Waals surface area contributed by atoms with E-state index in [1.54, 1.807) is 13.1 Å². The SMILES string of the molecule is CCC(C)(C)NC(=O)C(C)Sc1nc2ccccc2c(=O)n1C. The molecule has 0 saturated carbocycles. The molecule has 1 N–H and O–H groups in total. The summed E-state index contributed by atoms with van der Waals surface area (Å²) in [5, 5.41) is 3.82. The van der Waals surface area contributed by atoms with Gasteiger partial charge in [0.1, 0.15) is 0 Å². The van der Waals surface area contributed by atoms with Crippen LogP contribution in [0.5, 0.6) is 0 Å². The summed E-state index contributed by atoms with van der Waals surface area (Å²) in [7, 11) is 1.69. The van der Waals surface area contributed by atoms with E-state index in [4.69, 9.17) is 0 Å². The minimum atomic E-state index is -0.333. The molecule has 0 spiro atoms. The first-order valence-electron chi connectivity index (χ1n) is 7.69. The van der Waals surface area contributed by atoms with Crippen molar-refractivity contribution in [3.05, 3.63) is 34.6 Å². The van der Waals surface area contributed by atoms with Crippen molar-refractivity contribution in [1.29, 1.82) is 0 Å². The van der Waals surface area contributed by atoms with Gasteiger partial charge in [-0.1, -0.05) is 30.8 Å². The number of benzene rings is 1. The van der Waals surface area contributed by atoms with Crippen molar-refractivity contribution < 1.29 is 4.79 Å². The molecule has 2 aromatic rings. The number of carbonyl (C=O) groups is 1. The molecule has 0 fully saturated rings. The number of thioether (sulfide) groups is 1. The predicted molar refractivity (Wildman–Crippen MR) is 94.8 cm³/mol. The van der Waals surface area contributed by atoms with Crippen LogP contribution in [-0.2, 0) is 11.8 Å². The fourth-order valence-electron chi connectivity index (χ4n) is 2.04. The van der Waals surface area contributed by atoms with Crippen LogP contribution in [0.1, 0.15) is 34.1 Å². The van der Waals surface area contributed by atoms with Gasteiger partial charge in [0, 0.05) is 12.6 Å². The first kappa shape index (κ1) is 17.5. The zero-order chi connectivity index (χ0) is 17.2. The monoisotopic (exact) mass is 333 g/mol. The maximum absolute atomic E-state index is 12.4. The van der Waals surface area contributed by atoms with E-state index < -0.39 is 0 Å². The van der Waals surface area contributed by atoms with E-state index >= 15 is 0 Å². The Morgan fingerprint density at radius 2 is 2.04 bits per heavy atom. The molecule has 0 aliphatic carbocycles. The highest BCUT2D eigenvalue weighted by atomic mass is 32.2. The zero-order valence-corrected chi connectivity index (χ0v) is 15.0. The van der Waals surface area contributed by atoms with Crippen LogP contribution in [0.2, 0.25) is 0 Å². The third-order valence-corrected chi connectivity index (χ3v) is 5.08. The van der Waals surface area contributed by atoms with Gasteiger partial charge in [-0.3, -0.25) is 14.2 Å². The van der Waals surface area contributed by atoms with Gasteiger partial charge in [-0.25, -0.2) is 4.98 Å². The van der Waals surface area contributed by atoms with Crippen LogP contribution in [0.4, 0.5) is 0 Å². The molecule has 6 heteroatoms. The van der Waals surface area contributed by atoms with E-state index in [0.717, 1.165) is 6.42 Å². The topological polar surface area (TPSA) is 64.0 Å². The molecular weight excluding hydrogens is 310 g/mol. The lowest BCUT2D eigenvalue weighted by molar-refractivity contribution is -0.121. The summed E-state index contributed by atoms with van der Waals surface area (Å²) in [6, 6.07) is 7.25. The number of hydrogen-bond donors (Lipinski definition) is 1. The second-order valence-corrected chi connectivity index (χ2v) is 7.57. The van der Waals surface area contributed by atoms with E-state index in [1.807, 2.05) is 45.9 Å². The summed E-state index contributed by atoms with van der Waals surface area (Å²) in [4.78, 5) is 29.2. The molecule has 0 aliphatic rings. The standard InChI is InChI=1S/C17H23N3O2S/c1-6-17(3,4)19-14(21)11(2)23-16-18-13-10-8-7-9-12(13)15(22)20(16)5/h7-11H,6H2,1-5H3,(H,19,21).